The molecule has 8 nitrogen and oxygen atoms in total. The van der Waals surface area contributed by atoms with Crippen molar-refractivity contribution in [2.45, 2.75) is 6.92 Å². The molecular weight excluding hydrogens is 396 g/mol. The zero-order chi connectivity index (χ0) is 18.2. The van der Waals surface area contributed by atoms with Gasteiger partial charge in [-0.2, -0.15) is 0 Å². The number of furan rings is 1. The van der Waals surface area contributed by atoms with E-state index < -0.39 is 5.97 Å². The molecule has 0 spiro atoms. The lowest BCUT2D eigenvalue weighted by Gasteiger charge is -2.33. The summed E-state index contributed by atoms with van der Waals surface area (Å²) in [5.74, 6) is -0.442. The normalized spacial score (nSPS) is 14.6. The van der Waals surface area contributed by atoms with E-state index in [1.165, 1.54) is 12.2 Å². The molecule has 0 saturated carbocycles. The summed E-state index contributed by atoms with van der Waals surface area (Å²) in [5.41, 5.74) is 0. The molecule has 25 heavy (non-hydrogen) atoms. The number of halogens is 1. The van der Waals surface area contributed by atoms with Gasteiger partial charge in [0.1, 0.15) is 5.76 Å². The van der Waals surface area contributed by atoms with E-state index in [0.29, 0.717) is 43.2 Å². The molecule has 1 aliphatic heterocycles. The third-order valence-corrected chi connectivity index (χ3v) is 3.90. The van der Waals surface area contributed by atoms with Crippen molar-refractivity contribution >= 4 is 40.0 Å². The molecule has 0 unspecified atom stereocenters. The van der Waals surface area contributed by atoms with Gasteiger partial charge in [-0.15, -0.1) is 0 Å². The third-order valence-electron chi connectivity index (χ3n) is 3.47. The van der Waals surface area contributed by atoms with Crippen LogP contribution in [0.15, 0.2) is 27.3 Å². The highest BCUT2D eigenvalue weighted by Gasteiger charge is 2.25. The summed E-state index contributed by atoms with van der Waals surface area (Å²) in [6.07, 6.45) is 2.27. The Morgan fingerprint density at radius 3 is 2.44 bits per heavy atom. The van der Waals surface area contributed by atoms with Gasteiger partial charge in [0.15, 0.2) is 11.3 Å². The van der Waals surface area contributed by atoms with Crippen LogP contribution in [-0.2, 0) is 19.1 Å². The minimum absolute atomic E-state index is 0.300. The lowest BCUT2D eigenvalue weighted by Crippen LogP contribution is -2.51. The first-order valence-corrected chi connectivity index (χ1v) is 8.58. The maximum atomic E-state index is 12.0. The molecule has 1 saturated heterocycles. The van der Waals surface area contributed by atoms with Gasteiger partial charge in [-0.1, -0.05) is 0 Å². The molecule has 0 bridgehead atoms. The van der Waals surface area contributed by atoms with Gasteiger partial charge in [0.2, 0.25) is 0 Å². The SMILES string of the molecule is CCOC(=O)N1CCN(C(=O)COC(=O)/C=C/c2ccc(Br)o2)CC1. The molecule has 0 radical (unpaired) electrons. The highest BCUT2D eigenvalue weighted by molar-refractivity contribution is 9.10. The summed E-state index contributed by atoms with van der Waals surface area (Å²) in [4.78, 5) is 38.4. The maximum absolute atomic E-state index is 12.0. The Bertz CT molecular complexity index is 649. The van der Waals surface area contributed by atoms with Crippen molar-refractivity contribution in [2.24, 2.45) is 0 Å². The summed E-state index contributed by atoms with van der Waals surface area (Å²) >= 11 is 3.16. The van der Waals surface area contributed by atoms with E-state index in [9.17, 15) is 14.4 Å². The second-order valence-corrected chi connectivity index (χ2v) is 5.93. The average Bonchev–Trinajstić information content (AvgIpc) is 3.03. The number of piperazine rings is 1. The van der Waals surface area contributed by atoms with Crippen LogP contribution in [0.1, 0.15) is 12.7 Å². The summed E-state index contributed by atoms with van der Waals surface area (Å²) < 4.78 is 15.6. The Balaban J connectivity index is 1.71. The third kappa shape index (κ3) is 5.93. The Kier molecular flexibility index (Phi) is 7.05. The standard InChI is InChI=1S/C16H19BrN2O6/c1-2-23-16(22)19-9-7-18(8-10-19)14(20)11-24-15(21)6-4-12-3-5-13(17)25-12/h3-6H,2,7-11H2,1H3/b6-4+. The average molecular weight is 415 g/mol. The van der Waals surface area contributed by atoms with E-state index >= 15 is 0 Å². The first-order chi connectivity index (χ1) is 12.0. The Morgan fingerprint density at radius 1 is 1.16 bits per heavy atom. The predicted octanol–water partition coefficient (Wildman–Crippen LogP) is 1.90. The van der Waals surface area contributed by atoms with Crippen LogP contribution in [0.2, 0.25) is 0 Å². The van der Waals surface area contributed by atoms with Crippen LogP contribution in [0.5, 0.6) is 0 Å². The van der Waals surface area contributed by atoms with E-state index in [0.717, 1.165) is 0 Å². The summed E-state index contributed by atoms with van der Waals surface area (Å²) in [7, 11) is 0. The number of nitrogens with zero attached hydrogens (tertiary/aromatic N) is 2. The van der Waals surface area contributed by atoms with Gasteiger partial charge in [-0.3, -0.25) is 4.79 Å². The second kappa shape index (κ2) is 9.26. The van der Waals surface area contributed by atoms with E-state index in [2.05, 4.69) is 15.9 Å². The van der Waals surface area contributed by atoms with Gasteiger partial charge in [0.25, 0.3) is 5.91 Å². The van der Waals surface area contributed by atoms with Crippen LogP contribution < -0.4 is 0 Å². The quantitative estimate of drug-likeness (QED) is 0.539. The molecule has 1 aromatic heterocycles. The minimum atomic E-state index is -0.633. The summed E-state index contributed by atoms with van der Waals surface area (Å²) in [5, 5.41) is 0. The molecule has 1 fully saturated rings. The van der Waals surface area contributed by atoms with Crippen LogP contribution in [-0.4, -0.2) is 67.2 Å². The molecule has 136 valence electrons. The molecule has 0 aromatic carbocycles. The molecule has 0 atom stereocenters. The van der Waals surface area contributed by atoms with Gasteiger partial charge in [-0.25, -0.2) is 9.59 Å². The smallest absolute Gasteiger partial charge is 0.409 e. The van der Waals surface area contributed by atoms with Crippen LogP contribution in [0, 0.1) is 0 Å². The van der Waals surface area contributed by atoms with E-state index in [-0.39, 0.29) is 18.6 Å². The zero-order valence-corrected chi connectivity index (χ0v) is 15.4. The van der Waals surface area contributed by atoms with Crippen molar-refractivity contribution in [2.75, 3.05) is 39.4 Å². The first kappa shape index (κ1) is 19.0. The Labute approximate surface area is 153 Å². The minimum Gasteiger partial charge on any atom is -0.452 e. The molecule has 9 heteroatoms. The highest BCUT2D eigenvalue weighted by atomic mass is 79.9. The topological polar surface area (TPSA) is 89.3 Å². The molecule has 2 heterocycles. The zero-order valence-electron chi connectivity index (χ0n) is 13.8. The predicted molar refractivity (Wildman–Crippen MR) is 91.6 cm³/mol. The largest absolute Gasteiger partial charge is 0.452 e. The molecular formula is C16H19BrN2O6. The molecule has 2 rings (SSSR count). The number of carbonyl (C=O) groups excluding carboxylic acids is 3. The van der Waals surface area contributed by atoms with Gasteiger partial charge >= 0.3 is 12.1 Å². The van der Waals surface area contributed by atoms with Crippen LogP contribution in [0.3, 0.4) is 0 Å². The summed E-state index contributed by atoms with van der Waals surface area (Å²) in [6, 6.07) is 3.38. The van der Waals surface area contributed by atoms with Gasteiger partial charge in [-0.05, 0) is 41.1 Å². The Hall–Kier alpha value is -2.29. The number of rotatable bonds is 5. The van der Waals surface area contributed by atoms with Crippen molar-refractivity contribution in [3.05, 3.63) is 28.6 Å². The van der Waals surface area contributed by atoms with Crippen LogP contribution in [0.4, 0.5) is 4.79 Å². The number of esters is 1. The number of ether oxygens (including phenoxy) is 2. The number of carbonyl (C=O) groups is 3. The fourth-order valence-electron chi connectivity index (χ4n) is 2.19. The van der Waals surface area contributed by atoms with Crippen molar-refractivity contribution in [3.63, 3.8) is 0 Å². The van der Waals surface area contributed by atoms with Crippen LogP contribution >= 0.6 is 15.9 Å². The Morgan fingerprint density at radius 2 is 1.84 bits per heavy atom. The van der Waals surface area contributed by atoms with Gasteiger partial charge in [0, 0.05) is 32.3 Å². The van der Waals surface area contributed by atoms with E-state index in [1.807, 2.05) is 0 Å². The van der Waals surface area contributed by atoms with Crippen molar-refractivity contribution in [1.82, 2.24) is 9.80 Å². The van der Waals surface area contributed by atoms with E-state index in [4.69, 9.17) is 13.9 Å². The lowest BCUT2D eigenvalue weighted by atomic mass is 10.3. The fraction of sp³-hybridized carbons (Fsp3) is 0.438. The van der Waals surface area contributed by atoms with Crippen molar-refractivity contribution < 1.29 is 28.3 Å². The second-order valence-electron chi connectivity index (χ2n) is 5.15. The monoisotopic (exact) mass is 414 g/mol. The highest BCUT2D eigenvalue weighted by Crippen LogP contribution is 2.15. The summed E-state index contributed by atoms with van der Waals surface area (Å²) in [6.45, 7) is 3.26. The number of hydrogen-bond donors (Lipinski definition) is 0. The first-order valence-electron chi connectivity index (χ1n) is 7.79. The fourth-order valence-corrected chi connectivity index (χ4v) is 2.51. The van der Waals surface area contributed by atoms with Crippen LogP contribution in [0.25, 0.3) is 6.08 Å². The van der Waals surface area contributed by atoms with E-state index in [1.54, 1.807) is 28.9 Å². The number of amides is 2. The van der Waals surface area contributed by atoms with Gasteiger partial charge < -0.3 is 23.7 Å². The molecule has 0 N–H and O–H groups in total. The van der Waals surface area contributed by atoms with Crippen molar-refractivity contribution in [3.8, 4) is 0 Å². The number of hydrogen-bond acceptors (Lipinski definition) is 6. The molecule has 0 aliphatic carbocycles. The molecule has 1 aromatic rings. The molecule has 2 amide bonds. The maximum Gasteiger partial charge on any atom is 0.409 e. The molecule has 1 aliphatic rings. The van der Waals surface area contributed by atoms with Gasteiger partial charge in [0.05, 0.1) is 6.61 Å². The van der Waals surface area contributed by atoms with Crippen molar-refractivity contribution in [1.29, 1.82) is 0 Å². The lowest BCUT2D eigenvalue weighted by molar-refractivity contribution is -0.148.